The van der Waals surface area contributed by atoms with Crippen molar-refractivity contribution in [3.63, 3.8) is 0 Å². The van der Waals surface area contributed by atoms with Crippen LogP contribution in [-0.2, 0) is 9.84 Å². The molecule has 1 atom stereocenters. The Morgan fingerprint density at radius 1 is 1.29 bits per heavy atom. The van der Waals surface area contributed by atoms with E-state index in [9.17, 15) is 13.2 Å². The van der Waals surface area contributed by atoms with Gasteiger partial charge in [-0.1, -0.05) is 48.1 Å². The molecule has 0 saturated carbocycles. The largest absolute Gasteiger partial charge is 0.295 e. The smallest absolute Gasteiger partial charge is 0.190 e. The number of benzene rings is 1. The number of carbonyl (C=O) groups excluding carboxylic acids is 1. The Morgan fingerprint density at radius 3 is 2.24 bits per heavy atom. The van der Waals surface area contributed by atoms with Gasteiger partial charge in [0.1, 0.15) is 3.26 Å². The molecular weight excluding hydrogens is 351 g/mol. The fourth-order valence-electron chi connectivity index (χ4n) is 1.41. The highest BCUT2D eigenvalue weighted by Crippen LogP contribution is 2.24. The lowest BCUT2D eigenvalue weighted by atomic mass is 10.2. The monoisotopic (exact) mass is 366 g/mol. The molecular formula is C12H15IO3S. The molecule has 0 aromatic heterocycles. The zero-order valence-electron chi connectivity index (χ0n) is 9.81. The second kappa shape index (κ2) is 5.95. The molecule has 94 valence electrons. The Bertz CT molecular complexity index is 491. The number of hydrogen-bond donors (Lipinski definition) is 0. The average Bonchev–Trinajstić information content (AvgIpc) is 2.29. The number of hydrogen-bond acceptors (Lipinski definition) is 3. The highest BCUT2D eigenvalue weighted by Gasteiger charge is 2.23. The van der Waals surface area contributed by atoms with E-state index >= 15 is 0 Å². The van der Waals surface area contributed by atoms with E-state index < -0.39 is 13.1 Å². The number of rotatable bonds is 5. The molecule has 5 heteroatoms. The number of ketones is 1. The average molecular weight is 366 g/mol. The summed E-state index contributed by atoms with van der Waals surface area (Å²) < 4.78 is 23.8. The van der Waals surface area contributed by atoms with Crippen molar-refractivity contribution in [3.8, 4) is 0 Å². The van der Waals surface area contributed by atoms with Gasteiger partial charge in [-0.2, -0.15) is 0 Å². The van der Waals surface area contributed by atoms with Crippen molar-refractivity contribution >= 4 is 38.2 Å². The summed E-state index contributed by atoms with van der Waals surface area (Å²) >= 11 is 1.95. The lowest BCUT2D eigenvalue weighted by Crippen LogP contribution is -2.14. The predicted molar refractivity (Wildman–Crippen MR) is 76.3 cm³/mol. The molecule has 0 heterocycles. The lowest BCUT2D eigenvalue weighted by molar-refractivity contribution is 0.101. The third-order valence-electron chi connectivity index (χ3n) is 2.44. The Balaban J connectivity index is 3.04. The molecule has 0 bridgehead atoms. The van der Waals surface area contributed by atoms with Crippen LogP contribution in [0.25, 0.3) is 0 Å². The number of alkyl halides is 1. The van der Waals surface area contributed by atoms with E-state index in [1.54, 1.807) is 12.1 Å². The maximum Gasteiger partial charge on any atom is 0.190 e. The standard InChI is InChI=1S/C12H15IO3S/c1-3-4-12(13)17(15,16)11-7-5-10(6-8-11)9(2)14/h5-8,12H,3-4H2,1-2H3. The first-order valence-electron chi connectivity index (χ1n) is 5.38. The van der Waals surface area contributed by atoms with Gasteiger partial charge in [-0.15, -0.1) is 0 Å². The molecule has 0 spiro atoms. The van der Waals surface area contributed by atoms with E-state index in [1.807, 2.05) is 29.5 Å². The Hall–Kier alpha value is -0.430. The summed E-state index contributed by atoms with van der Waals surface area (Å²) in [6, 6.07) is 6.13. The van der Waals surface area contributed by atoms with Crippen LogP contribution in [0.1, 0.15) is 37.0 Å². The number of carbonyl (C=O) groups is 1. The van der Waals surface area contributed by atoms with Crippen molar-refractivity contribution in [2.75, 3.05) is 0 Å². The maximum absolute atomic E-state index is 12.1. The predicted octanol–water partition coefficient (Wildman–Crippen LogP) is 3.22. The van der Waals surface area contributed by atoms with Crippen LogP contribution in [0.5, 0.6) is 0 Å². The lowest BCUT2D eigenvalue weighted by Gasteiger charge is -2.10. The molecule has 0 saturated heterocycles. The first kappa shape index (κ1) is 14.6. The van der Waals surface area contributed by atoms with E-state index in [4.69, 9.17) is 0 Å². The van der Waals surface area contributed by atoms with Gasteiger partial charge >= 0.3 is 0 Å². The summed E-state index contributed by atoms with van der Waals surface area (Å²) in [5.41, 5.74) is 0.532. The van der Waals surface area contributed by atoms with Gasteiger partial charge in [0, 0.05) is 5.56 Å². The highest BCUT2D eigenvalue weighted by molar-refractivity contribution is 14.1. The van der Waals surface area contributed by atoms with Crippen molar-refractivity contribution in [2.45, 2.75) is 34.8 Å². The molecule has 0 fully saturated rings. The summed E-state index contributed by atoms with van der Waals surface area (Å²) in [6.07, 6.45) is 1.47. The van der Waals surface area contributed by atoms with Gasteiger partial charge in [0.25, 0.3) is 0 Å². The van der Waals surface area contributed by atoms with Gasteiger partial charge < -0.3 is 0 Å². The zero-order valence-corrected chi connectivity index (χ0v) is 12.8. The molecule has 0 amide bonds. The minimum atomic E-state index is -3.27. The first-order valence-corrected chi connectivity index (χ1v) is 8.17. The molecule has 0 N–H and O–H groups in total. The molecule has 0 aliphatic rings. The number of halogens is 1. The van der Waals surface area contributed by atoms with Gasteiger partial charge in [0.2, 0.25) is 0 Å². The molecule has 0 aliphatic heterocycles. The van der Waals surface area contributed by atoms with Gasteiger partial charge in [0.15, 0.2) is 15.6 Å². The molecule has 1 unspecified atom stereocenters. The van der Waals surface area contributed by atoms with E-state index in [-0.39, 0.29) is 10.7 Å². The highest BCUT2D eigenvalue weighted by atomic mass is 127. The van der Waals surface area contributed by atoms with Crippen LogP contribution in [0, 0.1) is 0 Å². The molecule has 0 aliphatic carbocycles. The summed E-state index contributed by atoms with van der Waals surface area (Å²) in [7, 11) is -3.27. The SMILES string of the molecule is CCCC(I)S(=O)(=O)c1ccc(C(C)=O)cc1. The van der Waals surface area contributed by atoms with Crippen LogP contribution >= 0.6 is 22.6 Å². The molecule has 0 radical (unpaired) electrons. The van der Waals surface area contributed by atoms with Crippen LogP contribution in [0.3, 0.4) is 0 Å². The third kappa shape index (κ3) is 3.51. The Labute approximate surface area is 116 Å². The van der Waals surface area contributed by atoms with Gasteiger partial charge in [-0.05, 0) is 25.5 Å². The van der Waals surface area contributed by atoms with Gasteiger partial charge in [0.05, 0.1) is 4.90 Å². The van der Waals surface area contributed by atoms with Crippen molar-refractivity contribution in [3.05, 3.63) is 29.8 Å². The second-order valence-corrected chi connectivity index (χ2v) is 8.30. The minimum absolute atomic E-state index is 0.0615. The van der Waals surface area contributed by atoms with Crippen molar-refractivity contribution in [1.29, 1.82) is 0 Å². The minimum Gasteiger partial charge on any atom is -0.295 e. The molecule has 1 aromatic carbocycles. The summed E-state index contributed by atoms with van der Waals surface area (Å²) in [6.45, 7) is 3.42. The third-order valence-corrected chi connectivity index (χ3v) is 6.91. The Kier molecular flexibility index (Phi) is 5.12. The molecule has 17 heavy (non-hydrogen) atoms. The normalized spacial score (nSPS) is 13.4. The number of Topliss-reactive ketones (excluding diaryl/α,β-unsaturated/α-hetero) is 1. The van der Waals surface area contributed by atoms with Crippen LogP contribution in [0.4, 0.5) is 0 Å². The van der Waals surface area contributed by atoms with E-state index in [2.05, 4.69) is 0 Å². The summed E-state index contributed by atoms with van der Waals surface area (Å²) in [5.74, 6) is -0.0615. The zero-order chi connectivity index (χ0) is 13.1. The fourth-order valence-corrected chi connectivity index (χ4v) is 4.27. The second-order valence-electron chi connectivity index (χ2n) is 3.82. The van der Waals surface area contributed by atoms with Crippen molar-refractivity contribution in [1.82, 2.24) is 0 Å². The van der Waals surface area contributed by atoms with Crippen LogP contribution in [0.15, 0.2) is 29.2 Å². The van der Waals surface area contributed by atoms with Crippen LogP contribution < -0.4 is 0 Å². The summed E-state index contributed by atoms with van der Waals surface area (Å²) in [4.78, 5) is 11.4. The first-order chi connectivity index (χ1) is 7.89. The fraction of sp³-hybridized carbons (Fsp3) is 0.417. The Morgan fingerprint density at radius 2 is 1.82 bits per heavy atom. The van der Waals surface area contributed by atoms with E-state index in [0.717, 1.165) is 6.42 Å². The van der Waals surface area contributed by atoms with Crippen LogP contribution in [0.2, 0.25) is 0 Å². The molecule has 1 rings (SSSR count). The van der Waals surface area contributed by atoms with E-state index in [1.165, 1.54) is 19.1 Å². The summed E-state index contributed by atoms with van der Waals surface area (Å²) in [5, 5.41) is 0. The maximum atomic E-state index is 12.1. The van der Waals surface area contributed by atoms with Crippen molar-refractivity contribution in [2.24, 2.45) is 0 Å². The number of sulfone groups is 1. The molecule has 1 aromatic rings. The van der Waals surface area contributed by atoms with E-state index in [0.29, 0.717) is 12.0 Å². The van der Waals surface area contributed by atoms with Gasteiger partial charge in [-0.3, -0.25) is 4.79 Å². The van der Waals surface area contributed by atoms with Crippen LogP contribution in [-0.4, -0.2) is 17.5 Å². The van der Waals surface area contributed by atoms with Gasteiger partial charge in [-0.25, -0.2) is 8.42 Å². The quantitative estimate of drug-likeness (QED) is 0.457. The topological polar surface area (TPSA) is 51.2 Å². The van der Waals surface area contributed by atoms with Crippen molar-refractivity contribution < 1.29 is 13.2 Å². The molecule has 3 nitrogen and oxygen atoms in total.